The molecule has 0 atom stereocenters. The highest BCUT2D eigenvalue weighted by molar-refractivity contribution is 5.98. The molecule has 3 rings (SSSR count). The smallest absolute Gasteiger partial charge is 0.321 e. The van der Waals surface area contributed by atoms with Crippen molar-refractivity contribution in [1.82, 2.24) is 14.9 Å². The highest BCUT2D eigenvalue weighted by Crippen LogP contribution is 2.23. The number of nitrogens with zero attached hydrogens (tertiary/aromatic N) is 3. The topological polar surface area (TPSA) is 93.4 Å². The fourth-order valence-electron chi connectivity index (χ4n) is 2.52. The van der Waals surface area contributed by atoms with Crippen LogP contribution in [0, 0.1) is 0 Å². The van der Waals surface area contributed by atoms with Crippen LogP contribution in [0.5, 0.6) is 5.88 Å². The quantitative estimate of drug-likeness (QED) is 0.878. The number of methoxy groups -OCH3 is 1. The van der Waals surface area contributed by atoms with Crippen molar-refractivity contribution in [3.05, 3.63) is 24.4 Å². The Kier molecular flexibility index (Phi) is 4.06. The first-order valence-corrected chi connectivity index (χ1v) is 7.28. The van der Waals surface area contributed by atoms with Crippen molar-refractivity contribution in [1.29, 1.82) is 0 Å². The second-order valence-corrected chi connectivity index (χ2v) is 5.33. The number of rotatable bonds is 2. The third-order valence-electron chi connectivity index (χ3n) is 3.84. The molecular formula is C15H19N5O2. The third-order valence-corrected chi connectivity index (χ3v) is 3.84. The number of nitrogens with two attached hydrogens (primary N) is 1. The second-order valence-electron chi connectivity index (χ2n) is 5.33. The highest BCUT2D eigenvalue weighted by Gasteiger charge is 2.21. The lowest BCUT2D eigenvalue weighted by molar-refractivity contribution is 0.195. The summed E-state index contributed by atoms with van der Waals surface area (Å²) in [5.41, 5.74) is 7.82. The number of ether oxygens (including phenoxy) is 1. The number of aromatic nitrogens is 2. The zero-order valence-corrected chi connectivity index (χ0v) is 12.5. The SMILES string of the molecule is COc1ccc2nccc(NC(=O)N3CCC(N)CC3)c2n1. The first-order valence-electron chi connectivity index (χ1n) is 7.28. The molecule has 0 radical (unpaired) electrons. The summed E-state index contributed by atoms with van der Waals surface area (Å²) in [5.74, 6) is 0.486. The molecule has 3 N–H and O–H groups in total. The Balaban J connectivity index is 1.82. The molecule has 22 heavy (non-hydrogen) atoms. The summed E-state index contributed by atoms with van der Waals surface area (Å²) >= 11 is 0. The van der Waals surface area contributed by atoms with Gasteiger partial charge in [-0.2, -0.15) is 0 Å². The number of anilines is 1. The van der Waals surface area contributed by atoms with Crippen molar-refractivity contribution >= 4 is 22.8 Å². The summed E-state index contributed by atoms with van der Waals surface area (Å²) in [6.45, 7) is 1.35. The molecule has 3 heterocycles. The van der Waals surface area contributed by atoms with Crippen LogP contribution in [0.1, 0.15) is 12.8 Å². The van der Waals surface area contributed by atoms with Crippen molar-refractivity contribution in [2.75, 3.05) is 25.5 Å². The Bertz CT molecular complexity index is 683. The van der Waals surface area contributed by atoms with E-state index in [4.69, 9.17) is 10.5 Å². The van der Waals surface area contributed by atoms with Crippen molar-refractivity contribution in [2.45, 2.75) is 18.9 Å². The van der Waals surface area contributed by atoms with Gasteiger partial charge >= 0.3 is 6.03 Å². The third kappa shape index (κ3) is 2.94. The monoisotopic (exact) mass is 301 g/mol. The van der Waals surface area contributed by atoms with Gasteiger partial charge in [-0.05, 0) is 25.0 Å². The van der Waals surface area contributed by atoms with Crippen molar-refractivity contribution < 1.29 is 9.53 Å². The molecule has 2 aromatic rings. The zero-order chi connectivity index (χ0) is 15.5. The van der Waals surface area contributed by atoms with E-state index in [9.17, 15) is 4.79 Å². The largest absolute Gasteiger partial charge is 0.481 e. The van der Waals surface area contributed by atoms with Crippen LogP contribution in [0.15, 0.2) is 24.4 Å². The van der Waals surface area contributed by atoms with Gasteiger partial charge in [0.05, 0.1) is 18.3 Å². The average Bonchev–Trinajstić information content (AvgIpc) is 2.55. The number of amides is 2. The summed E-state index contributed by atoms with van der Waals surface area (Å²) in [7, 11) is 1.56. The minimum atomic E-state index is -0.135. The van der Waals surface area contributed by atoms with Gasteiger partial charge in [0.25, 0.3) is 0 Å². The number of carbonyl (C=O) groups excluding carboxylic acids is 1. The van der Waals surface area contributed by atoms with E-state index >= 15 is 0 Å². The lowest BCUT2D eigenvalue weighted by Gasteiger charge is -2.30. The van der Waals surface area contributed by atoms with Gasteiger partial charge in [0.15, 0.2) is 0 Å². The molecule has 7 heteroatoms. The number of hydrogen-bond donors (Lipinski definition) is 2. The Morgan fingerprint density at radius 3 is 2.86 bits per heavy atom. The van der Waals surface area contributed by atoms with Gasteiger partial charge in [-0.15, -0.1) is 0 Å². The Hall–Kier alpha value is -2.41. The lowest BCUT2D eigenvalue weighted by atomic mass is 10.1. The molecule has 0 aromatic carbocycles. The van der Waals surface area contributed by atoms with Gasteiger partial charge in [-0.25, -0.2) is 9.78 Å². The standard InChI is InChI=1S/C15H19N5O2/c1-22-13-3-2-11-14(19-13)12(4-7-17-11)18-15(21)20-8-5-10(16)6-9-20/h2-4,7,10H,5-6,8-9,16H2,1H3,(H,17,18,21). The average molecular weight is 301 g/mol. The minimum Gasteiger partial charge on any atom is -0.481 e. The predicted octanol–water partition coefficient (Wildman–Crippen LogP) is 1.59. The molecule has 1 saturated heterocycles. The van der Waals surface area contributed by atoms with E-state index in [1.54, 1.807) is 30.3 Å². The van der Waals surface area contributed by atoms with Gasteiger partial charge in [-0.1, -0.05) is 0 Å². The molecule has 0 saturated carbocycles. The van der Waals surface area contributed by atoms with Crippen LogP contribution in [0.2, 0.25) is 0 Å². The van der Waals surface area contributed by atoms with E-state index in [1.165, 1.54) is 0 Å². The number of pyridine rings is 2. The summed E-state index contributed by atoms with van der Waals surface area (Å²) in [6, 6.07) is 5.35. The fourth-order valence-corrected chi connectivity index (χ4v) is 2.52. The van der Waals surface area contributed by atoms with E-state index in [1.807, 2.05) is 6.07 Å². The second kappa shape index (κ2) is 6.15. The van der Waals surface area contributed by atoms with Gasteiger partial charge in [0.1, 0.15) is 5.52 Å². The van der Waals surface area contributed by atoms with E-state index in [-0.39, 0.29) is 12.1 Å². The molecule has 116 valence electrons. The van der Waals surface area contributed by atoms with Crippen LogP contribution < -0.4 is 15.8 Å². The van der Waals surface area contributed by atoms with E-state index in [0.29, 0.717) is 35.7 Å². The minimum absolute atomic E-state index is 0.135. The summed E-state index contributed by atoms with van der Waals surface area (Å²) in [6.07, 6.45) is 3.31. The van der Waals surface area contributed by atoms with Crippen molar-refractivity contribution in [3.8, 4) is 5.88 Å². The Labute approximate surface area is 128 Å². The molecule has 0 spiro atoms. The molecule has 7 nitrogen and oxygen atoms in total. The first-order chi connectivity index (χ1) is 10.7. The number of urea groups is 1. The number of nitrogens with one attached hydrogen (secondary N) is 1. The maximum Gasteiger partial charge on any atom is 0.321 e. The first kappa shape index (κ1) is 14.5. The number of carbonyl (C=O) groups is 1. The summed E-state index contributed by atoms with van der Waals surface area (Å²) < 4.78 is 5.13. The molecular weight excluding hydrogens is 282 g/mol. The molecule has 0 bridgehead atoms. The number of hydrogen-bond acceptors (Lipinski definition) is 5. The maximum atomic E-state index is 12.4. The van der Waals surface area contributed by atoms with Gasteiger partial charge in [0.2, 0.25) is 5.88 Å². The van der Waals surface area contributed by atoms with Crippen LogP contribution in [0.4, 0.5) is 10.5 Å². The van der Waals surface area contributed by atoms with Crippen molar-refractivity contribution in [3.63, 3.8) is 0 Å². The Morgan fingerprint density at radius 2 is 2.14 bits per heavy atom. The molecule has 1 fully saturated rings. The Morgan fingerprint density at radius 1 is 1.36 bits per heavy atom. The predicted molar refractivity (Wildman–Crippen MR) is 83.9 cm³/mol. The van der Waals surface area contributed by atoms with E-state index < -0.39 is 0 Å². The van der Waals surface area contributed by atoms with Crippen molar-refractivity contribution in [2.24, 2.45) is 5.73 Å². The normalized spacial score (nSPS) is 15.8. The van der Waals surface area contributed by atoms with Gasteiger partial charge in [-0.3, -0.25) is 4.98 Å². The lowest BCUT2D eigenvalue weighted by Crippen LogP contribution is -2.44. The highest BCUT2D eigenvalue weighted by atomic mass is 16.5. The van der Waals surface area contributed by atoms with Crippen LogP contribution >= 0.6 is 0 Å². The summed E-state index contributed by atoms with van der Waals surface area (Å²) in [4.78, 5) is 22.8. The van der Waals surface area contributed by atoms with Crippen LogP contribution in [-0.4, -0.2) is 47.1 Å². The van der Waals surface area contributed by atoms with Crippen LogP contribution in [-0.2, 0) is 0 Å². The van der Waals surface area contributed by atoms with Gasteiger partial charge < -0.3 is 20.7 Å². The van der Waals surface area contributed by atoms with Gasteiger partial charge in [0, 0.05) is 31.4 Å². The summed E-state index contributed by atoms with van der Waals surface area (Å²) in [5, 5.41) is 2.91. The fraction of sp³-hybridized carbons (Fsp3) is 0.400. The van der Waals surface area contributed by atoms with Crippen LogP contribution in [0.3, 0.4) is 0 Å². The number of piperidine rings is 1. The number of fused-ring (bicyclic) bond motifs is 1. The maximum absolute atomic E-state index is 12.4. The molecule has 1 aliphatic rings. The van der Waals surface area contributed by atoms with Crippen LogP contribution in [0.25, 0.3) is 11.0 Å². The molecule has 2 aromatic heterocycles. The molecule has 0 unspecified atom stereocenters. The van der Waals surface area contributed by atoms with E-state index in [2.05, 4.69) is 15.3 Å². The zero-order valence-electron chi connectivity index (χ0n) is 12.5. The van der Waals surface area contributed by atoms with E-state index in [0.717, 1.165) is 12.8 Å². The molecule has 2 amide bonds. The molecule has 0 aliphatic carbocycles. The number of likely N-dealkylation sites (tertiary alicyclic amines) is 1. The molecule has 1 aliphatic heterocycles.